The van der Waals surface area contributed by atoms with Crippen molar-refractivity contribution in [1.29, 1.82) is 0 Å². The van der Waals surface area contributed by atoms with Gasteiger partial charge in [-0.1, -0.05) is 18.2 Å². The molecule has 1 unspecified atom stereocenters. The molecule has 0 saturated carbocycles. The number of hydrogen-bond acceptors (Lipinski definition) is 4. The molecule has 1 atom stereocenters. The molecule has 0 aromatic heterocycles. The fraction of sp³-hybridized carbons (Fsp3) is 0.235. The Labute approximate surface area is 140 Å². The summed E-state index contributed by atoms with van der Waals surface area (Å²) < 4.78 is 25.8. The largest absolute Gasteiger partial charge is 0.480 e. The topological polar surface area (TPSA) is 76.1 Å². The third-order valence-electron chi connectivity index (χ3n) is 3.66. The number of ether oxygens (including phenoxy) is 1. The van der Waals surface area contributed by atoms with Crippen LogP contribution >= 0.6 is 7.52 Å². The van der Waals surface area contributed by atoms with Gasteiger partial charge in [-0.05, 0) is 42.8 Å². The smallest absolute Gasteiger partial charge is 0.318 e. The lowest BCUT2D eigenvalue weighted by molar-refractivity contribution is -0.137. The van der Waals surface area contributed by atoms with Crippen molar-refractivity contribution in [3.63, 3.8) is 0 Å². The first kappa shape index (κ1) is 16.7. The Bertz CT molecular complexity index is 747. The molecule has 1 saturated heterocycles. The van der Waals surface area contributed by atoms with Gasteiger partial charge in [0.05, 0.1) is 11.9 Å². The van der Waals surface area contributed by atoms with Gasteiger partial charge in [0.15, 0.2) is 0 Å². The molecule has 1 fully saturated rings. The highest BCUT2D eigenvalue weighted by molar-refractivity contribution is 7.64. The van der Waals surface area contributed by atoms with E-state index in [2.05, 4.69) is 0 Å². The van der Waals surface area contributed by atoms with Gasteiger partial charge in [0.2, 0.25) is 0 Å². The Kier molecular flexibility index (Phi) is 5.00. The molecule has 7 heteroatoms. The molecule has 2 aromatic carbocycles. The van der Waals surface area contributed by atoms with Crippen LogP contribution in [0.25, 0.3) is 0 Å². The summed E-state index contributed by atoms with van der Waals surface area (Å²) in [4.78, 5) is 11.0. The molecule has 0 spiro atoms. The van der Waals surface area contributed by atoms with Crippen LogP contribution in [-0.2, 0) is 13.9 Å². The number of carbonyl (C=O) groups is 1. The van der Waals surface area contributed by atoms with E-state index in [1.165, 1.54) is 4.67 Å². The number of benzene rings is 2. The summed E-state index contributed by atoms with van der Waals surface area (Å²) >= 11 is 0. The number of carboxylic acids is 1. The molecule has 126 valence electrons. The maximum absolute atomic E-state index is 13.2. The predicted octanol–water partition coefficient (Wildman–Crippen LogP) is 3.10. The zero-order chi connectivity index (χ0) is 17.0. The van der Waals surface area contributed by atoms with Crippen LogP contribution in [0.3, 0.4) is 0 Å². The second kappa shape index (κ2) is 7.18. The quantitative estimate of drug-likeness (QED) is 0.838. The fourth-order valence-electron chi connectivity index (χ4n) is 2.54. The van der Waals surface area contributed by atoms with Crippen molar-refractivity contribution in [1.82, 2.24) is 4.67 Å². The van der Waals surface area contributed by atoms with Crippen molar-refractivity contribution < 1.29 is 23.7 Å². The van der Waals surface area contributed by atoms with Crippen molar-refractivity contribution in [2.45, 2.75) is 6.42 Å². The summed E-state index contributed by atoms with van der Waals surface area (Å²) in [5, 5.41) is 9.49. The zero-order valence-electron chi connectivity index (χ0n) is 13.0. The summed E-state index contributed by atoms with van der Waals surface area (Å²) in [5.41, 5.74) is 0. The number of rotatable bonds is 5. The second-order valence-electron chi connectivity index (χ2n) is 5.40. The van der Waals surface area contributed by atoms with Crippen LogP contribution in [0, 0.1) is 0 Å². The molecule has 1 heterocycles. The molecule has 24 heavy (non-hydrogen) atoms. The van der Waals surface area contributed by atoms with Gasteiger partial charge in [-0.15, -0.1) is 0 Å². The molecule has 2 aromatic rings. The predicted molar refractivity (Wildman–Crippen MR) is 90.0 cm³/mol. The number of para-hydroxylation sites is 1. The molecule has 0 aliphatic carbocycles. The van der Waals surface area contributed by atoms with E-state index in [1.54, 1.807) is 24.3 Å². The number of carboxylic acid groups (broad SMARTS) is 1. The fourth-order valence-corrected chi connectivity index (χ4v) is 4.80. The van der Waals surface area contributed by atoms with Gasteiger partial charge in [0.1, 0.15) is 18.0 Å². The van der Waals surface area contributed by atoms with Gasteiger partial charge in [0.25, 0.3) is 0 Å². The Hall–Kier alpha value is -2.14. The van der Waals surface area contributed by atoms with E-state index in [-0.39, 0.29) is 6.54 Å². The van der Waals surface area contributed by atoms with E-state index in [0.717, 1.165) is 0 Å². The Balaban J connectivity index is 1.80. The van der Waals surface area contributed by atoms with Gasteiger partial charge in [-0.25, -0.2) is 4.67 Å². The molecule has 0 radical (unpaired) electrons. The molecule has 1 aliphatic rings. The zero-order valence-corrected chi connectivity index (χ0v) is 13.9. The van der Waals surface area contributed by atoms with Crippen molar-refractivity contribution in [2.75, 3.05) is 19.7 Å². The van der Waals surface area contributed by atoms with Crippen LogP contribution in [0.15, 0.2) is 54.6 Å². The summed E-state index contributed by atoms with van der Waals surface area (Å²) in [6.07, 6.45) is 0.659. The highest BCUT2D eigenvalue weighted by Gasteiger charge is 2.37. The minimum atomic E-state index is -3.34. The van der Waals surface area contributed by atoms with Crippen molar-refractivity contribution >= 4 is 18.8 Å². The average molecular weight is 347 g/mol. The SMILES string of the molecule is O=C(O)CN1CCCOP1(=O)c1ccc(Oc2ccccc2)cc1. The van der Waals surface area contributed by atoms with E-state index in [9.17, 15) is 9.36 Å². The van der Waals surface area contributed by atoms with Crippen LogP contribution < -0.4 is 10.0 Å². The molecule has 0 bridgehead atoms. The minimum Gasteiger partial charge on any atom is -0.480 e. The van der Waals surface area contributed by atoms with Crippen LogP contribution in [0.1, 0.15) is 6.42 Å². The van der Waals surface area contributed by atoms with E-state index < -0.39 is 13.5 Å². The highest BCUT2D eigenvalue weighted by atomic mass is 31.2. The first-order valence-corrected chi connectivity index (χ1v) is 9.21. The maximum Gasteiger partial charge on any atom is 0.318 e. The Morgan fingerprint density at radius 2 is 1.79 bits per heavy atom. The number of nitrogens with zero attached hydrogens (tertiary/aromatic N) is 1. The van der Waals surface area contributed by atoms with E-state index in [1.807, 2.05) is 30.3 Å². The summed E-state index contributed by atoms with van der Waals surface area (Å²) in [6.45, 7) is 0.487. The van der Waals surface area contributed by atoms with Crippen molar-refractivity contribution in [3.05, 3.63) is 54.6 Å². The van der Waals surface area contributed by atoms with Crippen molar-refractivity contribution in [2.24, 2.45) is 0 Å². The third-order valence-corrected chi connectivity index (χ3v) is 6.23. The monoisotopic (exact) mass is 347 g/mol. The second-order valence-corrected chi connectivity index (χ2v) is 7.78. The summed E-state index contributed by atoms with van der Waals surface area (Å²) in [6, 6.07) is 16.1. The Morgan fingerprint density at radius 1 is 1.12 bits per heavy atom. The number of hydrogen-bond donors (Lipinski definition) is 1. The van der Waals surface area contributed by atoms with E-state index >= 15 is 0 Å². The van der Waals surface area contributed by atoms with Gasteiger partial charge < -0.3 is 14.4 Å². The van der Waals surface area contributed by atoms with Gasteiger partial charge in [0, 0.05) is 6.54 Å². The first-order chi connectivity index (χ1) is 11.6. The average Bonchev–Trinajstić information content (AvgIpc) is 2.58. The van der Waals surface area contributed by atoms with Gasteiger partial charge >= 0.3 is 13.5 Å². The lowest BCUT2D eigenvalue weighted by Gasteiger charge is -2.34. The molecular weight excluding hydrogens is 329 g/mol. The van der Waals surface area contributed by atoms with Crippen LogP contribution in [0.5, 0.6) is 11.5 Å². The number of aliphatic carboxylic acids is 1. The molecule has 0 amide bonds. The highest BCUT2D eigenvalue weighted by Crippen LogP contribution is 2.52. The van der Waals surface area contributed by atoms with E-state index in [0.29, 0.717) is 36.4 Å². The normalized spacial score (nSPS) is 21.3. The van der Waals surface area contributed by atoms with Gasteiger partial charge in [-0.3, -0.25) is 9.36 Å². The molecule has 1 aliphatic heterocycles. The standard InChI is InChI=1S/C17H18NO5P/c19-17(20)13-18-11-4-12-22-24(18,21)16-9-7-15(8-10-16)23-14-5-2-1-3-6-14/h1-3,5-10H,4,11-13H2,(H,19,20). The lowest BCUT2D eigenvalue weighted by atomic mass is 10.3. The first-order valence-electron chi connectivity index (χ1n) is 7.63. The lowest BCUT2D eigenvalue weighted by Crippen LogP contribution is -2.36. The molecule has 6 nitrogen and oxygen atoms in total. The third kappa shape index (κ3) is 3.67. The maximum atomic E-state index is 13.2. The van der Waals surface area contributed by atoms with Crippen LogP contribution in [0.2, 0.25) is 0 Å². The van der Waals surface area contributed by atoms with Crippen molar-refractivity contribution in [3.8, 4) is 11.5 Å². The summed E-state index contributed by atoms with van der Waals surface area (Å²) in [7, 11) is -3.34. The molecule has 1 N–H and O–H groups in total. The minimum absolute atomic E-state index is 0.306. The summed E-state index contributed by atoms with van der Waals surface area (Å²) in [5.74, 6) is 0.293. The van der Waals surface area contributed by atoms with Gasteiger partial charge in [-0.2, -0.15) is 0 Å². The van der Waals surface area contributed by atoms with Crippen LogP contribution in [0.4, 0.5) is 0 Å². The Morgan fingerprint density at radius 3 is 2.46 bits per heavy atom. The van der Waals surface area contributed by atoms with Crippen LogP contribution in [-0.4, -0.2) is 35.4 Å². The molecular formula is C17H18NO5P. The molecule has 3 rings (SSSR count). The van der Waals surface area contributed by atoms with E-state index in [4.69, 9.17) is 14.4 Å².